The smallest absolute Gasteiger partial charge is 0.165 e. The highest BCUT2D eigenvalue weighted by Crippen LogP contribution is 2.28. The lowest BCUT2D eigenvalue weighted by Gasteiger charge is -2.09. The fraction of sp³-hybridized carbons (Fsp3) is 0. The van der Waals surface area contributed by atoms with E-state index in [2.05, 4.69) is 31.9 Å². The van der Waals surface area contributed by atoms with Crippen LogP contribution in [0.1, 0.15) is 15.9 Å². The highest BCUT2D eigenvalue weighted by molar-refractivity contribution is 9.10. The number of carbonyl (C=O) groups is 1. The van der Waals surface area contributed by atoms with Gasteiger partial charge in [0.2, 0.25) is 0 Å². The van der Waals surface area contributed by atoms with Gasteiger partial charge in [0.05, 0.1) is 0 Å². The van der Waals surface area contributed by atoms with Crippen LogP contribution in [0.4, 0.5) is 0 Å². The Hall–Kier alpha value is -4.50. The molecule has 6 aromatic rings. The second-order valence-electron chi connectivity index (χ2n) is 8.94. The standard InChI is InChI=1S/C21H14BrN3.C7H5BrO.C7H8N2.ClH/c22-18-14-8-7-13-17(18)21-24-19(15-9-3-1-4-10-15)23-20(25-21)16-11-5-2-6-12-16;8-7-4-2-1-3-6(7)5-9;8-7(9)6-4-2-1-3-5-6;/h1-14H;1-5H;1-5H,(H3,8,9);1H. The molecule has 0 aliphatic carbocycles. The van der Waals surface area contributed by atoms with Gasteiger partial charge in [-0.2, -0.15) is 0 Å². The topological polar surface area (TPSA) is 106 Å². The van der Waals surface area contributed by atoms with Crippen molar-refractivity contribution in [2.24, 2.45) is 5.73 Å². The summed E-state index contributed by atoms with van der Waals surface area (Å²) in [5, 5.41) is 7.01. The number of aromatic nitrogens is 3. The van der Waals surface area contributed by atoms with Gasteiger partial charge in [0.15, 0.2) is 23.8 Å². The van der Waals surface area contributed by atoms with Gasteiger partial charge in [-0.3, -0.25) is 10.2 Å². The lowest BCUT2D eigenvalue weighted by molar-refractivity contribution is 0.112. The minimum Gasteiger partial charge on any atom is -0.384 e. The fourth-order valence-corrected chi connectivity index (χ4v) is 4.60. The van der Waals surface area contributed by atoms with Crippen molar-refractivity contribution >= 4 is 56.4 Å². The van der Waals surface area contributed by atoms with Crippen molar-refractivity contribution in [3.63, 3.8) is 0 Å². The van der Waals surface area contributed by atoms with E-state index in [9.17, 15) is 4.79 Å². The van der Waals surface area contributed by atoms with Crippen molar-refractivity contribution in [3.8, 4) is 34.2 Å². The number of nitrogen functional groups attached to an aromatic ring is 1. The monoisotopic (exact) mass is 727 g/mol. The third-order valence-corrected chi connectivity index (χ3v) is 7.34. The van der Waals surface area contributed by atoms with E-state index in [4.69, 9.17) is 26.1 Å². The fourth-order valence-electron chi connectivity index (χ4n) is 3.76. The molecule has 0 unspecified atom stereocenters. The van der Waals surface area contributed by atoms with Crippen LogP contribution in [0.15, 0.2) is 148 Å². The number of halogens is 3. The Morgan fingerprint density at radius 2 is 0.977 bits per heavy atom. The second kappa shape index (κ2) is 17.6. The molecule has 0 amide bonds. The van der Waals surface area contributed by atoms with Crippen LogP contribution < -0.4 is 5.73 Å². The van der Waals surface area contributed by atoms with E-state index in [1.165, 1.54) is 0 Å². The summed E-state index contributed by atoms with van der Waals surface area (Å²) >= 11 is 6.82. The Balaban J connectivity index is 0.000000229. The number of nitrogens with zero attached hydrogens (tertiary/aromatic N) is 3. The SMILES string of the molecule is Brc1ccccc1-c1nc(-c2ccccc2)nc(-c2ccccc2)n1.Cl.N=C(N)c1ccccc1.O=Cc1ccccc1Br. The molecule has 5 aromatic carbocycles. The van der Waals surface area contributed by atoms with Crippen molar-refractivity contribution in [3.05, 3.63) is 160 Å². The zero-order valence-electron chi connectivity index (χ0n) is 23.3. The summed E-state index contributed by atoms with van der Waals surface area (Å²) < 4.78 is 1.80. The number of nitrogens with two attached hydrogens (primary N) is 1. The molecule has 0 saturated heterocycles. The molecule has 6 nitrogen and oxygen atoms in total. The zero-order chi connectivity index (χ0) is 30.4. The molecule has 0 spiro atoms. The predicted molar refractivity (Wildman–Crippen MR) is 188 cm³/mol. The van der Waals surface area contributed by atoms with Gasteiger partial charge < -0.3 is 5.73 Å². The van der Waals surface area contributed by atoms with Crippen LogP contribution in [-0.4, -0.2) is 27.1 Å². The highest BCUT2D eigenvalue weighted by atomic mass is 79.9. The molecule has 220 valence electrons. The van der Waals surface area contributed by atoms with E-state index in [0.29, 0.717) is 23.0 Å². The van der Waals surface area contributed by atoms with Gasteiger partial charge in [-0.15, -0.1) is 12.4 Å². The minimum atomic E-state index is 0. The van der Waals surface area contributed by atoms with Crippen molar-refractivity contribution in [2.45, 2.75) is 0 Å². The van der Waals surface area contributed by atoms with Crippen LogP contribution in [0.3, 0.4) is 0 Å². The maximum Gasteiger partial charge on any atom is 0.165 e. The third-order valence-electron chi connectivity index (χ3n) is 5.93. The van der Waals surface area contributed by atoms with E-state index in [0.717, 1.165) is 37.5 Å². The Kier molecular flexibility index (Phi) is 13.6. The molecule has 0 fully saturated rings. The molecule has 0 aliphatic heterocycles. The summed E-state index contributed by atoms with van der Waals surface area (Å²) in [6.07, 6.45) is 0.823. The number of hydrogen-bond donors (Lipinski definition) is 2. The van der Waals surface area contributed by atoms with Crippen LogP contribution in [-0.2, 0) is 0 Å². The quantitative estimate of drug-likeness (QED) is 0.105. The van der Waals surface area contributed by atoms with Gasteiger partial charge in [0.25, 0.3) is 0 Å². The number of benzene rings is 5. The molecule has 0 atom stereocenters. The summed E-state index contributed by atoms with van der Waals surface area (Å²) in [7, 11) is 0. The summed E-state index contributed by atoms with van der Waals surface area (Å²) in [6.45, 7) is 0. The lowest BCUT2D eigenvalue weighted by atomic mass is 10.1. The van der Waals surface area contributed by atoms with Crippen LogP contribution >= 0.6 is 44.3 Å². The number of nitrogens with one attached hydrogen (secondary N) is 1. The Morgan fingerprint density at radius 3 is 1.39 bits per heavy atom. The molecule has 0 saturated carbocycles. The molecule has 6 rings (SSSR count). The van der Waals surface area contributed by atoms with Gasteiger partial charge in [0, 0.05) is 36.8 Å². The first-order chi connectivity index (χ1) is 21.0. The maximum atomic E-state index is 10.2. The molecule has 0 radical (unpaired) electrons. The highest BCUT2D eigenvalue weighted by Gasteiger charge is 2.13. The maximum absolute atomic E-state index is 10.2. The number of carbonyl (C=O) groups excluding carboxylic acids is 1. The van der Waals surface area contributed by atoms with Crippen LogP contribution in [0, 0.1) is 5.41 Å². The predicted octanol–water partition coefficient (Wildman–Crippen LogP) is 9.29. The van der Waals surface area contributed by atoms with Crippen LogP contribution in [0.5, 0.6) is 0 Å². The molecule has 44 heavy (non-hydrogen) atoms. The first kappa shape index (κ1) is 34.0. The molecular formula is C35H28Br2ClN5O. The molecule has 1 heterocycles. The number of hydrogen-bond acceptors (Lipinski definition) is 5. The van der Waals surface area contributed by atoms with Crippen molar-refractivity contribution in [1.29, 1.82) is 5.41 Å². The second-order valence-corrected chi connectivity index (χ2v) is 10.6. The Bertz CT molecular complexity index is 1730. The number of amidine groups is 1. The third kappa shape index (κ3) is 9.77. The Labute approximate surface area is 279 Å². The largest absolute Gasteiger partial charge is 0.384 e. The van der Waals surface area contributed by atoms with Crippen LogP contribution in [0.2, 0.25) is 0 Å². The van der Waals surface area contributed by atoms with Gasteiger partial charge >= 0.3 is 0 Å². The van der Waals surface area contributed by atoms with E-state index in [1.54, 1.807) is 6.07 Å². The first-order valence-electron chi connectivity index (χ1n) is 13.2. The van der Waals surface area contributed by atoms with E-state index in [1.807, 2.05) is 133 Å². The van der Waals surface area contributed by atoms with Crippen molar-refractivity contribution in [1.82, 2.24) is 15.0 Å². The summed E-state index contributed by atoms with van der Waals surface area (Å²) in [5.74, 6) is 2.11. The average Bonchev–Trinajstić information content (AvgIpc) is 3.07. The normalized spacial score (nSPS) is 9.68. The minimum absolute atomic E-state index is 0. The average molecular weight is 730 g/mol. The van der Waals surface area contributed by atoms with E-state index < -0.39 is 0 Å². The van der Waals surface area contributed by atoms with Gasteiger partial charge in [-0.05, 0) is 12.1 Å². The van der Waals surface area contributed by atoms with E-state index >= 15 is 0 Å². The lowest BCUT2D eigenvalue weighted by Crippen LogP contribution is -2.10. The number of aldehydes is 1. The van der Waals surface area contributed by atoms with Gasteiger partial charge in [-0.25, -0.2) is 15.0 Å². The number of rotatable bonds is 5. The van der Waals surface area contributed by atoms with Gasteiger partial charge in [0.1, 0.15) is 5.84 Å². The first-order valence-corrected chi connectivity index (χ1v) is 14.8. The van der Waals surface area contributed by atoms with Crippen molar-refractivity contribution in [2.75, 3.05) is 0 Å². The Morgan fingerprint density at radius 1 is 0.568 bits per heavy atom. The summed E-state index contributed by atoms with van der Waals surface area (Å²) in [4.78, 5) is 24.3. The van der Waals surface area contributed by atoms with Gasteiger partial charge in [-0.1, -0.05) is 159 Å². The molecule has 3 N–H and O–H groups in total. The van der Waals surface area contributed by atoms with Crippen LogP contribution in [0.25, 0.3) is 34.2 Å². The molecule has 1 aromatic heterocycles. The summed E-state index contributed by atoms with van der Waals surface area (Å²) in [6, 6.07) is 44.4. The molecule has 9 heteroatoms. The zero-order valence-corrected chi connectivity index (χ0v) is 27.3. The van der Waals surface area contributed by atoms with E-state index in [-0.39, 0.29) is 18.2 Å². The van der Waals surface area contributed by atoms with Crippen molar-refractivity contribution < 1.29 is 4.79 Å². The molecular weight excluding hydrogens is 702 g/mol. The summed E-state index contributed by atoms with van der Waals surface area (Å²) in [5.41, 5.74) is 9.54. The molecule has 0 bridgehead atoms. The molecule has 0 aliphatic rings.